The van der Waals surface area contributed by atoms with Crippen LogP contribution in [0.2, 0.25) is 0 Å². The lowest BCUT2D eigenvalue weighted by molar-refractivity contribution is -0.138. The number of hydrogen-bond donors (Lipinski definition) is 0. The summed E-state index contributed by atoms with van der Waals surface area (Å²) in [7, 11) is 2.19. The van der Waals surface area contributed by atoms with E-state index < -0.39 is 0 Å². The lowest BCUT2D eigenvalue weighted by atomic mass is 9.92. The quantitative estimate of drug-likeness (QED) is 0.366. The van der Waals surface area contributed by atoms with Gasteiger partial charge >= 0.3 is 0 Å². The first kappa shape index (κ1) is 30.3. The molecule has 0 amide bonds. The van der Waals surface area contributed by atoms with Gasteiger partial charge in [-0.25, -0.2) is 0 Å². The first-order chi connectivity index (χ1) is 15.7. The Balaban J connectivity index is 0.000000570. The minimum absolute atomic E-state index is 0.318. The summed E-state index contributed by atoms with van der Waals surface area (Å²) in [6, 6.07) is 8.81. The minimum atomic E-state index is -0.318. The summed E-state index contributed by atoms with van der Waals surface area (Å²) >= 11 is 0. The van der Waals surface area contributed by atoms with Gasteiger partial charge in [-0.2, -0.15) is 0 Å². The molecule has 2 aromatic rings. The first-order valence-electron chi connectivity index (χ1n) is 12.0. The Labute approximate surface area is 201 Å². The number of ether oxygens (including phenoxy) is 1. The Hall–Kier alpha value is -2.69. The van der Waals surface area contributed by atoms with Crippen molar-refractivity contribution in [2.75, 3.05) is 18.5 Å². The largest absolute Gasteiger partial charge is 0.462 e. The molecule has 2 heterocycles. The zero-order valence-corrected chi connectivity index (χ0v) is 22.0. The number of unbranched alkanes of at least 4 members (excludes halogenated alkanes) is 2. The third-order valence-electron chi connectivity index (χ3n) is 4.72. The van der Waals surface area contributed by atoms with E-state index >= 15 is 0 Å². The van der Waals surface area contributed by atoms with Crippen LogP contribution in [0.25, 0.3) is 11.1 Å². The SMILES string of the molecule is CC.CC(C)(C)OC=O.CCCCC=O.Cc1cc2c(c(-c3ccncc3)c1)N(C)CCC2. The molecule has 1 aliphatic rings. The average molecular weight is 457 g/mol. The Morgan fingerprint density at radius 3 is 2.21 bits per heavy atom. The lowest BCUT2D eigenvalue weighted by Crippen LogP contribution is -2.25. The van der Waals surface area contributed by atoms with Gasteiger partial charge in [0.15, 0.2) is 0 Å². The number of benzene rings is 1. The van der Waals surface area contributed by atoms with Crippen LogP contribution in [0.15, 0.2) is 36.7 Å². The molecule has 1 aliphatic heterocycles. The maximum Gasteiger partial charge on any atom is 0.293 e. The van der Waals surface area contributed by atoms with Crippen LogP contribution in [0.1, 0.15) is 78.4 Å². The number of nitrogens with zero attached hydrogens (tertiary/aromatic N) is 2. The van der Waals surface area contributed by atoms with Crippen molar-refractivity contribution in [2.45, 2.75) is 86.2 Å². The van der Waals surface area contributed by atoms with Gasteiger partial charge in [0.05, 0.1) is 0 Å². The molecular formula is C28H44N2O3. The standard InChI is InChI=1S/C16H18N2.C5H10O2.C5H10O.C2H6/c1-12-10-14-4-3-9-18(2)16(14)15(11-12)13-5-7-17-8-6-13;1-5(2,3)7-4-6;1-2-3-4-5-6;1-2/h5-8,10-11H,3-4,9H2,1-2H3;4H,1-3H3;5H,2-4H2,1H3;1-2H3. The van der Waals surface area contributed by atoms with Gasteiger partial charge in [-0.3, -0.25) is 9.78 Å². The summed E-state index contributed by atoms with van der Waals surface area (Å²) in [5.74, 6) is 0. The van der Waals surface area contributed by atoms with Crippen molar-refractivity contribution in [1.82, 2.24) is 4.98 Å². The van der Waals surface area contributed by atoms with Gasteiger partial charge in [0.1, 0.15) is 11.9 Å². The monoisotopic (exact) mass is 456 g/mol. The van der Waals surface area contributed by atoms with E-state index in [1.54, 1.807) is 0 Å². The molecule has 5 nitrogen and oxygen atoms in total. The van der Waals surface area contributed by atoms with Crippen molar-refractivity contribution in [3.8, 4) is 11.1 Å². The van der Waals surface area contributed by atoms with E-state index in [9.17, 15) is 9.59 Å². The lowest BCUT2D eigenvalue weighted by Gasteiger charge is -2.30. The van der Waals surface area contributed by atoms with Crippen molar-refractivity contribution in [2.24, 2.45) is 0 Å². The van der Waals surface area contributed by atoms with E-state index in [0.29, 0.717) is 6.47 Å². The van der Waals surface area contributed by atoms with E-state index in [4.69, 9.17) is 0 Å². The molecule has 184 valence electrons. The van der Waals surface area contributed by atoms with Crippen LogP contribution >= 0.6 is 0 Å². The number of aryl methyl sites for hydroxylation is 2. The molecule has 0 atom stereocenters. The van der Waals surface area contributed by atoms with Crippen LogP contribution in [0, 0.1) is 6.92 Å². The van der Waals surface area contributed by atoms with Gasteiger partial charge in [-0.15, -0.1) is 0 Å². The molecule has 0 radical (unpaired) electrons. The molecule has 1 aromatic carbocycles. The van der Waals surface area contributed by atoms with Crippen molar-refractivity contribution in [1.29, 1.82) is 0 Å². The molecule has 0 aliphatic carbocycles. The second-order valence-corrected chi connectivity index (χ2v) is 8.72. The summed E-state index contributed by atoms with van der Waals surface area (Å²) in [6.45, 7) is 15.3. The van der Waals surface area contributed by atoms with Gasteiger partial charge in [0.2, 0.25) is 0 Å². The number of anilines is 1. The molecule has 5 heteroatoms. The average Bonchev–Trinajstić information content (AvgIpc) is 2.79. The van der Waals surface area contributed by atoms with Crippen LogP contribution in [-0.2, 0) is 20.7 Å². The molecule has 1 aromatic heterocycles. The normalized spacial score (nSPS) is 11.8. The zero-order chi connectivity index (χ0) is 25.3. The van der Waals surface area contributed by atoms with Crippen molar-refractivity contribution in [3.63, 3.8) is 0 Å². The van der Waals surface area contributed by atoms with E-state index in [1.807, 2.05) is 47.0 Å². The highest BCUT2D eigenvalue weighted by Crippen LogP contribution is 2.37. The molecule has 0 spiro atoms. The van der Waals surface area contributed by atoms with Crippen molar-refractivity contribution < 1.29 is 14.3 Å². The smallest absolute Gasteiger partial charge is 0.293 e. The summed E-state index contributed by atoms with van der Waals surface area (Å²) in [5.41, 5.74) is 6.51. The van der Waals surface area contributed by atoms with E-state index in [1.165, 1.54) is 40.8 Å². The maximum atomic E-state index is 9.60. The van der Waals surface area contributed by atoms with Crippen LogP contribution in [-0.4, -0.2) is 36.9 Å². The zero-order valence-electron chi connectivity index (χ0n) is 22.0. The Bertz CT molecular complexity index is 799. The van der Waals surface area contributed by atoms with Crippen LogP contribution in [0.4, 0.5) is 5.69 Å². The number of carbonyl (C=O) groups excluding carboxylic acids is 2. The number of pyridine rings is 1. The number of aldehydes is 1. The van der Waals surface area contributed by atoms with Crippen molar-refractivity contribution in [3.05, 3.63) is 47.8 Å². The van der Waals surface area contributed by atoms with Crippen molar-refractivity contribution >= 4 is 18.4 Å². The Kier molecular flexibility index (Phi) is 15.5. The predicted molar refractivity (Wildman–Crippen MR) is 140 cm³/mol. The van der Waals surface area contributed by atoms with Gasteiger partial charge in [-0.05, 0) is 76.3 Å². The highest BCUT2D eigenvalue weighted by molar-refractivity contribution is 5.82. The fourth-order valence-corrected chi connectivity index (χ4v) is 3.30. The summed E-state index contributed by atoms with van der Waals surface area (Å²) < 4.78 is 4.55. The molecule has 0 N–H and O–H groups in total. The summed E-state index contributed by atoms with van der Waals surface area (Å²) in [5, 5.41) is 0. The molecular weight excluding hydrogens is 412 g/mol. The van der Waals surface area contributed by atoms with Gasteiger partial charge in [-0.1, -0.05) is 38.8 Å². The number of hydrogen-bond acceptors (Lipinski definition) is 5. The van der Waals surface area contributed by atoms with Crippen LogP contribution in [0.5, 0.6) is 0 Å². The number of carbonyl (C=O) groups is 2. The minimum Gasteiger partial charge on any atom is -0.462 e. The second kappa shape index (κ2) is 16.9. The van der Waals surface area contributed by atoms with Gasteiger partial charge in [0, 0.05) is 43.7 Å². The topological polar surface area (TPSA) is 59.5 Å². The highest BCUT2D eigenvalue weighted by Gasteiger charge is 2.18. The Morgan fingerprint density at radius 1 is 1.12 bits per heavy atom. The molecule has 33 heavy (non-hydrogen) atoms. The molecule has 0 unspecified atom stereocenters. The second-order valence-electron chi connectivity index (χ2n) is 8.72. The fourth-order valence-electron chi connectivity index (χ4n) is 3.30. The summed E-state index contributed by atoms with van der Waals surface area (Å²) in [6.07, 6.45) is 10.0. The number of rotatable bonds is 5. The van der Waals surface area contributed by atoms with E-state index in [0.717, 1.165) is 32.1 Å². The molecule has 0 bridgehead atoms. The van der Waals surface area contributed by atoms with Gasteiger partial charge < -0.3 is 14.4 Å². The van der Waals surface area contributed by atoms with E-state index in [2.05, 4.69) is 59.8 Å². The molecule has 0 saturated heterocycles. The van der Waals surface area contributed by atoms with E-state index in [-0.39, 0.29) is 5.60 Å². The number of fused-ring (bicyclic) bond motifs is 1. The maximum absolute atomic E-state index is 9.60. The van der Waals surface area contributed by atoms with Crippen LogP contribution in [0.3, 0.4) is 0 Å². The fraction of sp³-hybridized carbons (Fsp3) is 0.536. The third-order valence-corrected chi connectivity index (χ3v) is 4.72. The summed E-state index contributed by atoms with van der Waals surface area (Å²) in [4.78, 5) is 25.7. The highest BCUT2D eigenvalue weighted by atomic mass is 16.5. The Morgan fingerprint density at radius 2 is 1.76 bits per heavy atom. The predicted octanol–water partition coefficient (Wildman–Crippen LogP) is 6.80. The molecule has 3 rings (SSSR count). The molecule has 0 saturated carbocycles. The van der Waals surface area contributed by atoms with Crippen LogP contribution < -0.4 is 4.90 Å². The third kappa shape index (κ3) is 12.2. The molecule has 0 fully saturated rings. The van der Waals surface area contributed by atoms with Gasteiger partial charge in [0.25, 0.3) is 6.47 Å². The number of aromatic nitrogens is 1. The first-order valence-corrected chi connectivity index (χ1v) is 12.0.